The largest absolute Gasteiger partial charge is 0.477 e. The summed E-state index contributed by atoms with van der Waals surface area (Å²) in [6.45, 7) is -0.0984. The van der Waals surface area contributed by atoms with Crippen LogP contribution in [0.4, 0.5) is 13.2 Å². The molecule has 0 spiro atoms. The van der Waals surface area contributed by atoms with E-state index in [1.807, 2.05) is 0 Å². The molecule has 15 heteroatoms. The number of aromatic nitrogens is 2. The summed E-state index contributed by atoms with van der Waals surface area (Å²) in [5.74, 6) is -2.83. The number of carbonyl (C=O) groups excluding carboxylic acids is 2. The number of aliphatic carboxylic acids is 1. The van der Waals surface area contributed by atoms with Crippen molar-refractivity contribution in [1.82, 2.24) is 20.4 Å². The van der Waals surface area contributed by atoms with Crippen LogP contribution in [0.15, 0.2) is 15.6 Å². The van der Waals surface area contributed by atoms with Crippen LogP contribution in [-0.4, -0.2) is 78.6 Å². The zero-order valence-electron chi connectivity index (χ0n) is 15.3. The van der Waals surface area contributed by atoms with Gasteiger partial charge in [0.1, 0.15) is 22.1 Å². The molecule has 164 valence electrons. The lowest BCUT2D eigenvalue weighted by atomic mass is 10.0. The summed E-state index contributed by atoms with van der Waals surface area (Å²) in [4.78, 5) is 37.2. The van der Waals surface area contributed by atoms with Gasteiger partial charge in [-0.05, 0) is 12.5 Å². The number of carboxylic acid groups (broad SMARTS) is 1. The minimum Gasteiger partial charge on any atom is -0.477 e. The highest BCUT2D eigenvalue weighted by atomic mass is 32.2. The number of hydrogen-bond donors (Lipinski definition) is 2. The molecule has 2 atom stereocenters. The van der Waals surface area contributed by atoms with E-state index in [4.69, 9.17) is 0 Å². The Hall–Kier alpha value is -1.45. The third-order valence-electron chi connectivity index (χ3n) is 4.01. The predicted molar refractivity (Wildman–Crippen MR) is 108 cm³/mol. The van der Waals surface area contributed by atoms with Crippen LogP contribution in [0.2, 0.25) is 0 Å². The number of fused-ring (bicyclic) bond motifs is 1. The number of amides is 2. The third-order valence-corrected chi connectivity index (χ3v) is 8.35. The number of alkyl halides is 3. The van der Waals surface area contributed by atoms with E-state index in [2.05, 4.69) is 15.5 Å². The highest BCUT2D eigenvalue weighted by Crippen LogP contribution is 2.42. The standard InChI is InChI=1S/C15H15F3N4O4S4/c1-6-20-21-14(30-6)28-3-7-2-27-12-9(11(24)22(12)10(7)13(25)26)19-8(23)4-29-15(17,18)5-16/h9,12H,2-5H2,1H3,(H,19,23)(H,25,26)/t9?,12-/m0/s1. The first-order chi connectivity index (χ1) is 14.1. The molecule has 1 aromatic heterocycles. The molecule has 1 aromatic rings. The smallest absolute Gasteiger partial charge is 0.352 e. The van der Waals surface area contributed by atoms with Crippen LogP contribution >= 0.6 is 46.6 Å². The maximum absolute atomic E-state index is 12.9. The second-order valence-corrected chi connectivity index (χ2v) is 10.8. The Morgan fingerprint density at radius 1 is 1.40 bits per heavy atom. The molecule has 2 amide bonds. The normalized spacial score (nSPS) is 21.3. The summed E-state index contributed by atoms with van der Waals surface area (Å²) in [6, 6.07) is -1.02. The zero-order valence-corrected chi connectivity index (χ0v) is 18.5. The van der Waals surface area contributed by atoms with Crippen molar-refractivity contribution >= 4 is 64.4 Å². The van der Waals surface area contributed by atoms with Gasteiger partial charge in [-0.1, -0.05) is 34.9 Å². The Bertz CT molecular complexity index is 897. The second-order valence-electron chi connectivity index (χ2n) is 6.15. The summed E-state index contributed by atoms with van der Waals surface area (Å²) in [5.41, 5.74) is 0.402. The highest BCUT2D eigenvalue weighted by Gasteiger charge is 2.54. The molecule has 3 heterocycles. The summed E-state index contributed by atoms with van der Waals surface area (Å²) in [5, 5.41) is 16.3. The Balaban J connectivity index is 1.64. The number of thioether (sulfide) groups is 3. The molecule has 2 aliphatic rings. The summed E-state index contributed by atoms with van der Waals surface area (Å²) < 4.78 is 38.7. The van der Waals surface area contributed by atoms with Crippen LogP contribution in [0.25, 0.3) is 0 Å². The van der Waals surface area contributed by atoms with Crippen LogP contribution in [0.5, 0.6) is 0 Å². The van der Waals surface area contributed by atoms with Crippen molar-refractivity contribution in [2.45, 2.75) is 27.9 Å². The number of halogens is 3. The molecular formula is C15H15F3N4O4S4. The molecule has 1 fully saturated rings. The maximum Gasteiger partial charge on any atom is 0.352 e. The molecule has 8 nitrogen and oxygen atoms in total. The average molecular weight is 501 g/mol. The van der Waals surface area contributed by atoms with Gasteiger partial charge in [0, 0.05) is 11.5 Å². The van der Waals surface area contributed by atoms with Crippen molar-refractivity contribution in [3.8, 4) is 0 Å². The SMILES string of the molecule is Cc1nnc(SCC2=C(C(=O)O)N3C(=O)C(NC(=O)CSC(F)(F)CF)[C@@H]3SC2)s1. The van der Waals surface area contributed by atoms with Crippen LogP contribution < -0.4 is 5.32 Å². The molecule has 2 aliphatic heterocycles. The van der Waals surface area contributed by atoms with Gasteiger partial charge in [-0.2, -0.15) is 8.78 Å². The summed E-state index contributed by atoms with van der Waals surface area (Å²) in [7, 11) is 0. The lowest BCUT2D eigenvalue weighted by Crippen LogP contribution is -2.70. The van der Waals surface area contributed by atoms with Crippen molar-refractivity contribution in [2.75, 3.05) is 23.9 Å². The Labute approximate surface area is 185 Å². The number of carbonyl (C=O) groups is 3. The lowest BCUT2D eigenvalue weighted by molar-refractivity contribution is -0.150. The van der Waals surface area contributed by atoms with Gasteiger partial charge in [-0.25, -0.2) is 9.18 Å². The molecular weight excluding hydrogens is 485 g/mol. The van der Waals surface area contributed by atoms with Crippen molar-refractivity contribution in [2.24, 2.45) is 0 Å². The highest BCUT2D eigenvalue weighted by molar-refractivity contribution is 8.02. The van der Waals surface area contributed by atoms with Gasteiger partial charge in [0.15, 0.2) is 11.0 Å². The Kier molecular flexibility index (Phi) is 7.24. The minimum absolute atomic E-state index is 0.138. The number of nitrogens with zero attached hydrogens (tertiary/aromatic N) is 3. The quantitative estimate of drug-likeness (QED) is 0.388. The fourth-order valence-electron chi connectivity index (χ4n) is 2.70. The number of carboxylic acids is 1. The first-order valence-electron chi connectivity index (χ1n) is 8.33. The summed E-state index contributed by atoms with van der Waals surface area (Å²) >= 11 is 3.80. The fraction of sp³-hybridized carbons (Fsp3) is 0.533. The Morgan fingerprint density at radius 2 is 2.13 bits per heavy atom. The van der Waals surface area contributed by atoms with E-state index in [9.17, 15) is 32.7 Å². The molecule has 0 bridgehead atoms. The van der Waals surface area contributed by atoms with E-state index in [0.29, 0.717) is 21.4 Å². The van der Waals surface area contributed by atoms with Gasteiger partial charge < -0.3 is 10.4 Å². The molecule has 1 unspecified atom stereocenters. The van der Waals surface area contributed by atoms with E-state index in [1.54, 1.807) is 6.92 Å². The number of rotatable bonds is 9. The molecule has 1 saturated heterocycles. The molecule has 0 saturated carbocycles. The van der Waals surface area contributed by atoms with Gasteiger partial charge >= 0.3 is 11.2 Å². The maximum atomic E-state index is 12.9. The van der Waals surface area contributed by atoms with E-state index < -0.39 is 46.9 Å². The van der Waals surface area contributed by atoms with E-state index in [-0.39, 0.29) is 17.5 Å². The molecule has 3 rings (SSSR count). The van der Waals surface area contributed by atoms with Crippen molar-refractivity contribution < 1.29 is 32.7 Å². The first-order valence-corrected chi connectivity index (χ1v) is 12.2. The van der Waals surface area contributed by atoms with Crippen molar-refractivity contribution in [3.63, 3.8) is 0 Å². The molecule has 0 radical (unpaired) electrons. The summed E-state index contributed by atoms with van der Waals surface area (Å²) in [6.07, 6.45) is 0. The van der Waals surface area contributed by atoms with Gasteiger partial charge in [0.25, 0.3) is 5.91 Å². The Morgan fingerprint density at radius 3 is 2.73 bits per heavy atom. The second kappa shape index (κ2) is 9.36. The zero-order chi connectivity index (χ0) is 22.1. The number of β-lactam (4-membered cyclic amide) rings is 1. The number of hydrogen-bond acceptors (Lipinski definition) is 9. The van der Waals surface area contributed by atoms with Gasteiger partial charge in [0.2, 0.25) is 5.91 Å². The van der Waals surface area contributed by atoms with Crippen molar-refractivity contribution in [3.05, 3.63) is 16.3 Å². The monoisotopic (exact) mass is 500 g/mol. The van der Waals surface area contributed by atoms with Gasteiger partial charge in [0.05, 0.1) is 5.75 Å². The average Bonchev–Trinajstić information content (AvgIpc) is 3.13. The van der Waals surface area contributed by atoms with Crippen LogP contribution in [0, 0.1) is 6.92 Å². The van der Waals surface area contributed by atoms with Gasteiger partial charge in [-0.15, -0.1) is 22.0 Å². The predicted octanol–water partition coefficient (Wildman–Crippen LogP) is 1.97. The number of aryl methyl sites for hydroxylation is 1. The number of nitrogens with one attached hydrogen (secondary N) is 1. The van der Waals surface area contributed by atoms with Crippen LogP contribution in [0.3, 0.4) is 0 Å². The molecule has 0 aliphatic carbocycles. The molecule has 30 heavy (non-hydrogen) atoms. The molecule has 0 aromatic carbocycles. The van der Waals surface area contributed by atoms with E-state index >= 15 is 0 Å². The van der Waals surface area contributed by atoms with Crippen LogP contribution in [0.1, 0.15) is 5.01 Å². The van der Waals surface area contributed by atoms with Crippen molar-refractivity contribution in [1.29, 1.82) is 0 Å². The fourth-order valence-corrected chi connectivity index (χ4v) is 6.51. The molecule has 2 N–H and O–H groups in total. The first kappa shape index (κ1) is 23.2. The minimum atomic E-state index is -3.68. The topological polar surface area (TPSA) is 112 Å². The van der Waals surface area contributed by atoms with Crippen LogP contribution in [-0.2, 0) is 14.4 Å². The van der Waals surface area contributed by atoms with Gasteiger partial charge in [-0.3, -0.25) is 14.5 Å². The van der Waals surface area contributed by atoms with E-state index in [0.717, 1.165) is 9.91 Å². The third kappa shape index (κ3) is 5.06. The lowest BCUT2D eigenvalue weighted by Gasteiger charge is -2.49. The van der Waals surface area contributed by atoms with E-state index in [1.165, 1.54) is 34.9 Å².